The zero-order valence-electron chi connectivity index (χ0n) is 15.5. The highest BCUT2D eigenvalue weighted by Gasteiger charge is 2.26. The molecule has 1 unspecified atom stereocenters. The zero-order chi connectivity index (χ0) is 18.3. The molecule has 4 heteroatoms. The van der Waals surface area contributed by atoms with E-state index in [0.29, 0.717) is 6.61 Å². The van der Waals surface area contributed by atoms with Crippen molar-refractivity contribution in [3.63, 3.8) is 0 Å². The molecule has 1 saturated heterocycles. The Kier molecular flexibility index (Phi) is 6.20. The minimum atomic E-state index is 0.247. The van der Waals surface area contributed by atoms with Crippen LogP contribution in [0.3, 0.4) is 0 Å². The molecule has 140 valence electrons. The Bertz CT molecular complexity index is 811. The van der Waals surface area contributed by atoms with Crippen LogP contribution < -0.4 is 10.1 Å². The molecule has 1 aliphatic rings. The molecule has 27 heavy (non-hydrogen) atoms. The van der Waals surface area contributed by atoms with Crippen molar-refractivity contribution in [3.05, 3.63) is 88.1 Å². The Morgan fingerprint density at radius 2 is 1.78 bits per heavy atom. The molecule has 2 heterocycles. The van der Waals surface area contributed by atoms with Crippen LogP contribution in [0.5, 0.6) is 5.75 Å². The minimum Gasteiger partial charge on any atom is -0.489 e. The van der Waals surface area contributed by atoms with Crippen LogP contribution in [-0.4, -0.2) is 31.1 Å². The Morgan fingerprint density at radius 1 is 0.926 bits per heavy atom. The van der Waals surface area contributed by atoms with Gasteiger partial charge in [0.1, 0.15) is 12.4 Å². The molecule has 1 aliphatic heterocycles. The highest BCUT2D eigenvalue weighted by atomic mass is 32.1. The average Bonchev–Trinajstić information content (AvgIpc) is 3.11. The lowest BCUT2D eigenvalue weighted by atomic mass is 10.0. The summed E-state index contributed by atoms with van der Waals surface area (Å²) in [6, 6.07) is 23.6. The second-order valence-corrected chi connectivity index (χ2v) is 7.85. The molecule has 0 bridgehead atoms. The van der Waals surface area contributed by atoms with Crippen LogP contribution in [0.2, 0.25) is 0 Å². The Morgan fingerprint density at radius 3 is 2.63 bits per heavy atom. The number of nitrogens with one attached hydrogen (secondary N) is 1. The van der Waals surface area contributed by atoms with Crippen molar-refractivity contribution >= 4 is 11.3 Å². The van der Waals surface area contributed by atoms with Gasteiger partial charge < -0.3 is 10.1 Å². The van der Waals surface area contributed by atoms with E-state index >= 15 is 0 Å². The molecule has 1 aromatic heterocycles. The SMILES string of the molecule is c1ccc(COc2ccccc2C(c2cccs2)N2CCCNCC2)cc1. The molecule has 2 aromatic carbocycles. The van der Waals surface area contributed by atoms with E-state index in [4.69, 9.17) is 4.74 Å². The summed E-state index contributed by atoms with van der Waals surface area (Å²) < 4.78 is 6.29. The summed E-state index contributed by atoms with van der Waals surface area (Å²) in [5, 5.41) is 5.69. The van der Waals surface area contributed by atoms with Crippen molar-refractivity contribution in [2.45, 2.75) is 19.1 Å². The molecule has 1 atom stereocenters. The van der Waals surface area contributed by atoms with Crippen LogP contribution in [-0.2, 0) is 6.61 Å². The van der Waals surface area contributed by atoms with Gasteiger partial charge in [-0.25, -0.2) is 0 Å². The van der Waals surface area contributed by atoms with E-state index in [1.165, 1.54) is 22.4 Å². The monoisotopic (exact) mass is 378 g/mol. The van der Waals surface area contributed by atoms with E-state index in [2.05, 4.69) is 76.3 Å². The summed E-state index contributed by atoms with van der Waals surface area (Å²) in [6.07, 6.45) is 1.18. The molecule has 0 radical (unpaired) electrons. The molecule has 0 amide bonds. The van der Waals surface area contributed by atoms with Gasteiger partial charge in [-0.15, -0.1) is 11.3 Å². The Balaban J connectivity index is 1.63. The lowest BCUT2D eigenvalue weighted by Gasteiger charge is -2.31. The van der Waals surface area contributed by atoms with E-state index in [1.54, 1.807) is 0 Å². The van der Waals surface area contributed by atoms with Crippen molar-refractivity contribution in [2.24, 2.45) is 0 Å². The second kappa shape index (κ2) is 9.18. The van der Waals surface area contributed by atoms with Crippen LogP contribution in [0.4, 0.5) is 0 Å². The second-order valence-electron chi connectivity index (χ2n) is 6.87. The highest BCUT2D eigenvalue weighted by Crippen LogP contribution is 2.37. The number of para-hydroxylation sites is 1. The smallest absolute Gasteiger partial charge is 0.124 e. The van der Waals surface area contributed by atoms with Crippen LogP contribution in [0, 0.1) is 0 Å². The lowest BCUT2D eigenvalue weighted by Crippen LogP contribution is -2.32. The van der Waals surface area contributed by atoms with Crippen LogP contribution >= 0.6 is 11.3 Å². The predicted molar refractivity (Wildman–Crippen MR) is 112 cm³/mol. The first-order valence-corrected chi connectivity index (χ1v) is 10.5. The number of nitrogens with zero attached hydrogens (tertiary/aromatic N) is 1. The summed E-state index contributed by atoms with van der Waals surface area (Å²) in [5.41, 5.74) is 2.46. The zero-order valence-corrected chi connectivity index (χ0v) is 16.3. The Labute approximate surface area is 165 Å². The van der Waals surface area contributed by atoms with Crippen molar-refractivity contribution in [1.29, 1.82) is 0 Å². The molecule has 4 rings (SSSR count). The van der Waals surface area contributed by atoms with Gasteiger partial charge in [0.05, 0.1) is 6.04 Å². The summed E-state index contributed by atoms with van der Waals surface area (Å²) in [4.78, 5) is 3.98. The van der Waals surface area contributed by atoms with E-state index in [1.807, 2.05) is 17.4 Å². The van der Waals surface area contributed by atoms with Crippen LogP contribution in [0.1, 0.15) is 28.5 Å². The normalized spacial score (nSPS) is 16.6. The number of benzene rings is 2. The molecule has 0 spiro atoms. The predicted octanol–water partition coefficient (Wildman–Crippen LogP) is 4.71. The molecule has 3 aromatic rings. The maximum Gasteiger partial charge on any atom is 0.124 e. The highest BCUT2D eigenvalue weighted by molar-refractivity contribution is 7.10. The van der Waals surface area contributed by atoms with Gasteiger partial charge >= 0.3 is 0 Å². The summed E-state index contributed by atoms with van der Waals surface area (Å²) in [5.74, 6) is 0.983. The van der Waals surface area contributed by atoms with Gasteiger partial charge in [0.25, 0.3) is 0 Å². The standard InChI is InChI=1S/C23H26N2OS/c1-2-8-19(9-3-1)18-26-21-11-5-4-10-20(21)23(22-12-6-17-27-22)25-15-7-13-24-14-16-25/h1-6,8-12,17,23-24H,7,13-16,18H2. The largest absolute Gasteiger partial charge is 0.489 e. The van der Waals surface area contributed by atoms with Gasteiger partial charge in [-0.2, -0.15) is 0 Å². The van der Waals surface area contributed by atoms with Gasteiger partial charge in [0.15, 0.2) is 0 Å². The maximum atomic E-state index is 6.29. The third-order valence-electron chi connectivity index (χ3n) is 5.00. The number of thiophene rings is 1. The molecule has 1 fully saturated rings. The summed E-state index contributed by atoms with van der Waals surface area (Å²) >= 11 is 1.83. The molecule has 0 aliphatic carbocycles. The van der Waals surface area contributed by atoms with Gasteiger partial charge in [-0.05, 0) is 36.0 Å². The summed E-state index contributed by atoms with van der Waals surface area (Å²) in [7, 11) is 0. The topological polar surface area (TPSA) is 24.5 Å². The quantitative estimate of drug-likeness (QED) is 0.672. The lowest BCUT2D eigenvalue weighted by molar-refractivity contribution is 0.232. The van der Waals surface area contributed by atoms with Crippen LogP contribution in [0.25, 0.3) is 0 Å². The molecular formula is C23H26N2OS. The van der Waals surface area contributed by atoms with Crippen molar-refractivity contribution in [1.82, 2.24) is 10.2 Å². The number of ether oxygens (including phenoxy) is 1. The number of rotatable bonds is 6. The Hall–Kier alpha value is -2.14. The molecule has 3 nitrogen and oxygen atoms in total. The van der Waals surface area contributed by atoms with E-state index < -0.39 is 0 Å². The fourth-order valence-electron chi connectivity index (χ4n) is 3.67. The van der Waals surface area contributed by atoms with Crippen molar-refractivity contribution in [2.75, 3.05) is 26.2 Å². The first kappa shape index (κ1) is 18.2. The van der Waals surface area contributed by atoms with Crippen molar-refractivity contribution < 1.29 is 4.74 Å². The fraction of sp³-hybridized carbons (Fsp3) is 0.304. The first-order valence-electron chi connectivity index (χ1n) is 9.65. The molecule has 0 saturated carbocycles. The van der Waals surface area contributed by atoms with Crippen LogP contribution in [0.15, 0.2) is 72.1 Å². The van der Waals surface area contributed by atoms with Gasteiger partial charge in [0.2, 0.25) is 0 Å². The summed E-state index contributed by atoms with van der Waals surface area (Å²) in [6.45, 7) is 4.88. The fourth-order valence-corrected chi connectivity index (χ4v) is 4.55. The maximum absolute atomic E-state index is 6.29. The molecule has 1 N–H and O–H groups in total. The number of hydrogen-bond acceptors (Lipinski definition) is 4. The van der Waals surface area contributed by atoms with E-state index in [9.17, 15) is 0 Å². The third kappa shape index (κ3) is 4.59. The average molecular weight is 379 g/mol. The van der Waals surface area contributed by atoms with E-state index in [0.717, 1.165) is 31.9 Å². The minimum absolute atomic E-state index is 0.247. The van der Waals surface area contributed by atoms with Gasteiger partial charge in [-0.3, -0.25) is 4.90 Å². The number of hydrogen-bond donors (Lipinski definition) is 1. The molecular weight excluding hydrogens is 352 g/mol. The van der Waals surface area contributed by atoms with Crippen molar-refractivity contribution in [3.8, 4) is 5.75 Å². The third-order valence-corrected chi connectivity index (χ3v) is 5.93. The first-order chi connectivity index (χ1) is 13.4. The van der Waals surface area contributed by atoms with Gasteiger partial charge in [0, 0.05) is 30.1 Å². The van der Waals surface area contributed by atoms with E-state index in [-0.39, 0.29) is 6.04 Å². The van der Waals surface area contributed by atoms with Gasteiger partial charge in [-0.1, -0.05) is 54.6 Å².